The van der Waals surface area contributed by atoms with Crippen LogP contribution in [0.3, 0.4) is 0 Å². The number of rotatable bonds is 2. The number of benzene rings is 1. The summed E-state index contributed by atoms with van der Waals surface area (Å²) in [5.41, 5.74) is 4.07. The molecule has 1 aliphatic rings. The van der Waals surface area contributed by atoms with Crippen LogP contribution in [0.1, 0.15) is 16.7 Å². The molecule has 0 saturated carbocycles. The molecule has 15 heavy (non-hydrogen) atoms. The highest BCUT2D eigenvalue weighted by atomic mass is 16.5. The molecule has 0 amide bonds. The summed E-state index contributed by atoms with van der Waals surface area (Å²) >= 11 is 0. The van der Waals surface area contributed by atoms with E-state index in [1.807, 2.05) is 0 Å². The lowest BCUT2D eigenvalue weighted by Crippen LogP contribution is -2.28. The first-order valence-corrected chi connectivity index (χ1v) is 5.35. The Hall–Kier alpha value is -0.900. The molecule has 1 N–H and O–H groups in total. The van der Waals surface area contributed by atoms with Crippen LogP contribution in [0.25, 0.3) is 0 Å². The maximum absolute atomic E-state index is 9.29. The summed E-state index contributed by atoms with van der Waals surface area (Å²) in [6.07, 6.45) is 1.12. The topological polar surface area (TPSA) is 26.7 Å². The number of hydroxylamine groups is 2. The Bertz CT molecular complexity index is 349. The van der Waals surface area contributed by atoms with E-state index in [-0.39, 0.29) is 0 Å². The molecular formula is C12H18N2O. The van der Waals surface area contributed by atoms with E-state index in [1.165, 1.54) is 21.8 Å². The molecule has 0 saturated heterocycles. The Balaban J connectivity index is 2.31. The van der Waals surface area contributed by atoms with E-state index >= 15 is 0 Å². The Morgan fingerprint density at radius 3 is 3.00 bits per heavy atom. The van der Waals surface area contributed by atoms with Crippen molar-refractivity contribution in [2.24, 2.45) is 0 Å². The summed E-state index contributed by atoms with van der Waals surface area (Å²) in [7, 11) is 3.83. The second-order valence-corrected chi connectivity index (χ2v) is 4.36. The fourth-order valence-electron chi connectivity index (χ4n) is 2.18. The lowest BCUT2D eigenvalue weighted by atomic mass is 9.95. The highest BCUT2D eigenvalue weighted by Crippen LogP contribution is 2.22. The first kappa shape index (κ1) is 10.6. The second-order valence-electron chi connectivity index (χ2n) is 4.36. The normalized spacial score (nSPS) is 16.8. The lowest BCUT2D eigenvalue weighted by Gasteiger charge is -2.27. The van der Waals surface area contributed by atoms with Crippen LogP contribution in [0.2, 0.25) is 0 Å². The Kier molecular flexibility index (Phi) is 3.05. The van der Waals surface area contributed by atoms with Gasteiger partial charge in [0, 0.05) is 26.7 Å². The molecular weight excluding hydrogens is 188 g/mol. The third-order valence-corrected chi connectivity index (χ3v) is 2.96. The smallest absolute Gasteiger partial charge is 0.0488 e. The van der Waals surface area contributed by atoms with E-state index < -0.39 is 0 Å². The van der Waals surface area contributed by atoms with Crippen LogP contribution >= 0.6 is 0 Å². The van der Waals surface area contributed by atoms with Crippen molar-refractivity contribution in [2.45, 2.75) is 19.5 Å². The van der Waals surface area contributed by atoms with Crippen molar-refractivity contribution in [1.29, 1.82) is 0 Å². The van der Waals surface area contributed by atoms with E-state index in [1.54, 1.807) is 7.05 Å². The SMILES string of the molecule is CN(O)Cc1cccc2c1CN(C)CC2. The first-order chi connectivity index (χ1) is 7.16. The van der Waals surface area contributed by atoms with Crippen LogP contribution in [-0.4, -0.2) is 35.8 Å². The van der Waals surface area contributed by atoms with Crippen molar-refractivity contribution in [3.63, 3.8) is 0 Å². The van der Waals surface area contributed by atoms with Gasteiger partial charge < -0.3 is 10.1 Å². The quantitative estimate of drug-likeness (QED) is 0.743. The summed E-state index contributed by atoms with van der Waals surface area (Å²) < 4.78 is 0. The van der Waals surface area contributed by atoms with Crippen LogP contribution in [0.5, 0.6) is 0 Å². The van der Waals surface area contributed by atoms with E-state index in [9.17, 15) is 5.21 Å². The minimum atomic E-state index is 0.608. The molecule has 0 aliphatic carbocycles. The molecule has 0 spiro atoms. The van der Waals surface area contributed by atoms with Gasteiger partial charge in [0.1, 0.15) is 0 Å². The van der Waals surface area contributed by atoms with E-state index in [0.717, 1.165) is 19.5 Å². The highest BCUT2D eigenvalue weighted by Gasteiger charge is 2.16. The number of nitrogens with zero attached hydrogens (tertiary/aromatic N) is 2. The fraction of sp³-hybridized carbons (Fsp3) is 0.500. The molecule has 1 heterocycles. The molecule has 3 nitrogen and oxygen atoms in total. The van der Waals surface area contributed by atoms with Gasteiger partial charge in [-0.25, -0.2) is 0 Å². The van der Waals surface area contributed by atoms with Gasteiger partial charge in [-0.15, -0.1) is 0 Å². The van der Waals surface area contributed by atoms with Crippen LogP contribution in [0.15, 0.2) is 18.2 Å². The summed E-state index contributed by atoms with van der Waals surface area (Å²) in [6, 6.07) is 6.39. The number of likely N-dealkylation sites (N-methyl/N-ethyl adjacent to an activating group) is 1. The molecule has 0 atom stereocenters. The standard InChI is InChI=1S/C12H18N2O/c1-13-7-6-10-4-3-5-11(8-14(2)15)12(10)9-13/h3-5,15H,6-9H2,1-2H3. The van der Waals surface area contributed by atoms with Gasteiger partial charge in [-0.1, -0.05) is 18.2 Å². The Morgan fingerprint density at radius 1 is 1.47 bits per heavy atom. The molecule has 0 unspecified atom stereocenters. The first-order valence-electron chi connectivity index (χ1n) is 5.35. The van der Waals surface area contributed by atoms with Crippen molar-refractivity contribution in [2.75, 3.05) is 20.6 Å². The zero-order valence-electron chi connectivity index (χ0n) is 9.40. The summed E-state index contributed by atoms with van der Waals surface area (Å²) in [5.74, 6) is 0. The Morgan fingerprint density at radius 2 is 2.27 bits per heavy atom. The largest absolute Gasteiger partial charge is 0.314 e. The number of hydrogen-bond donors (Lipinski definition) is 1. The van der Waals surface area contributed by atoms with Crippen molar-refractivity contribution in [3.8, 4) is 0 Å². The third kappa shape index (κ3) is 2.37. The maximum Gasteiger partial charge on any atom is 0.0488 e. The van der Waals surface area contributed by atoms with Crippen molar-refractivity contribution in [3.05, 3.63) is 34.9 Å². The van der Waals surface area contributed by atoms with E-state index in [2.05, 4.69) is 30.1 Å². The molecule has 1 aliphatic heterocycles. The predicted molar refractivity (Wildman–Crippen MR) is 59.7 cm³/mol. The highest BCUT2D eigenvalue weighted by molar-refractivity contribution is 5.36. The monoisotopic (exact) mass is 206 g/mol. The molecule has 1 aromatic rings. The summed E-state index contributed by atoms with van der Waals surface area (Å²) in [5, 5.41) is 10.5. The van der Waals surface area contributed by atoms with Gasteiger partial charge in [-0.2, -0.15) is 5.06 Å². The van der Waals surface area contributed by atoms with Gasteiger partial charge in [0.15, 0.2) is 0 Å². The molecule has 0 radical (unpaired) electrons. The molecule has 3 heteroatoms. The molecule has 1 aromatic carbocycles. The predicted octanol–water partition coefficient (Wildman–Crippen LogP) is 1.50. The minimum Gasteiger partial charge on any atom is -0.314 e. The van der Waals surface area contributed by atoms with Crippen LogP contribution in [-0.2, 0) is 19.5 Å². The van der Waals surface area contributed by atoms with Crippen molar-refractivity contribution < 1.29 is 5.21 Å². The number of fused-ring (bicyclic) bond motifs is 1. The molecule has 0 fully saturated rings. The summed E-state index contributed by atoms with van der Waals surface area (Å²) in [6.45, 7) is 2.74. The zero-order chi connectivity index (χ0) is 10.8. The van der Waals surface area contributed by atoms with Gasteiger partial charge in [-0.05, 0) is 30.2 Å². The van der Waals surface area contributed by atoms with Gasteiger partial charge in [0.25, 0.3) is 0 Å². The maximum atomic E-state index is 9.29. The fourth-order valence-corrected chi connectivity index (χ4v) is 2.18. The van der Waals surface area contributed by atoms with E-state index in [0.29, 0.717) is 6.54 Å². The Labute approximate surface area is 90.9 Å². The second kappa shape index (κ2) is 4.31. The lowest BCUT2D eigenvalue weighted by molar-refractivity contribution is -0.0734. The molecule has 2 rings (SSSR count). The van der Waals surface area contributed by atoms with Crippen LogP contribution in [0, 0.1) is 0 Å². The third-order valence-electron chi connectivity index (χ3n) is 2.96. The van der Waals surface area contributed by atoms with Gasteiger partial charge >= 0.3 is 0 Å². The van der Waals surface area contributed by atoms with Crippen molar-refractivity contribution >= 4 is 0 Å². The zero-order valence-corrected chi connectivity index (χ0v) is 9.40. The summed E-state index contributed by atoms with van der Waals surface area (Å²) in [4.78, 5) is 2.32. The van der Waals surface area contributed by atoms with Gasteiger partial charge in [0.05, 0.1) is 0 Å². The number of hydrogen-bond acceptors (Lipinski definition) is 3. The minimum absolute atomic E-state index is 0.608. The van der Waals surface area contributed by atoms with Crippen molar-refractivity contribution in [1.82, 2.24) is 9.96 Å². The van der Waals surface area contributed by atoms with Crippen LogP contribution in [0.4, 0.5) is 0 Å². The van der Waals surface area contributed by atoms with Gasteiger partial charge in [0.2, 0.25) is 0 Å². The molecule has 82 valence electrons. The van der Waals surface area contributed by atoms with Crippen LogP contribution < -0.4 is 0 Å². The van der Waals surface area contributed by atoms with Gasteiger partial charge in [-0.3, -0.25) is 0 Å². The average Bonchev–Trinajstić information content (AvgIpc) is 2.18. The average molecular weight is 206 g/mol. The molecule has 0 bridgehead atoms. The van der Waals surface area contributed by atoms with E-state index in [4.69, 9.17) is 0 Å². The molecule has 0 aromatic heterocycles.